The van der Waals surface area contributed by atoms with Crippen LogP contribution >= 0.6 is 0 Å². The predicted molar refractivity (Wildman–Crippen MR) is 67.5 cm³/mol. The van der Waals surface area contributed by atoms with Crippen LogP contribution in [0.5, 0.6) is 0 Å². The Hall–Kier alpha value is -2.57. The molecule has 0 atom stereocenters. The molecule has 2 rings (SSSR count). The number of aryl methyl sites for hydroxylation is 1. The fourth-order valence-corrected chi connectivity index (χ4v) is 1.52. The van der Waals surface area contributed by atoms with E-state index in [4.69, 9.17) is 4.52 Å². The second-order valence-electron chi connectivity index (χ2n) is 4.02. The van der Waals surface area contributed by atoms with Crippen molar-refractivity contribution in [3.05, 3.63) is 30.2 Å². The molecule has 0 N–H and O–H groups in total. The van der Waals surface area contributed by atoms with E-state index < -0.39 is 5.97 Å². The van der Waals surface area contributed by atoms with Crippen molar-refractivity contribution in [2.75, 3.05) is 7.11 Å². The number of nitrogens with zero attached hydrogens (tertiary/aromatic N) is 3. The lowest BCUT2D eigenvalue weighted by atomic mass is 10.1. The van der Waals surface area contributed by atoms with Gasteiger partial charge in [-0.05, 0) is 12.1 Å². The van der Waals surface area contributed by atoms with Gasteiger partial charge in [0.1, 0.15) is 17.9 Å². The Morgan fingerprint density at radius 3 is 2.90 bits per heavy atom. The summed E-state index contributed by atoms with van der Waals surface area (Å²) in [5, 5.41) is 3.77. The highest BCUT2D eigenvalue weighted by atomic mass is 16.5. The Morgan fingerprint density at radius 2 is 2.20 bits per heavy atom. The monoisotopic (exact) mass is 275 g/mol. The van der Waals surface area contributed by atoms with Crippen molar-refractivity contribution in [3.63, 3.8) is 0 Å². The first-order chi connectivity index (χ1) is 9.69. The number of Topliss-reactive ketones (excluding diaryl/α,β-unsaturated/α-hetero) is 1. The van der Waals surface area contributed by atoms with Gasteiger partial charge < -0.3 is 9.26 Å². The van der Waals surface area contributed by atoms with E-state index in [9.17, 15) is 9.59 Å². The molecule has 0 saturated heterocycles. The number of carbonyl (C=O) groups excluding carboxylic acids is 2. The van der Waals surface area contributed by atoms with Gasteiger partial charge in [-0.3, -0.25) is 14.6 Å². The molecule has 0 saturated carbocycles. The Kier molecular flexibility index (Phi) is 4.54. The van der Waals surface area contributed by atoms with Crippen LogP contribution in [-0.4, -0.2) is 34.0 Å². The summed E-state index contributed by atoms with van der Waals surface area (Å²) in [6, 6.07) is 5.35. The zero-order valence-corrected chi connectivity index (χ0v) is 10.9. The minimum absolute atomic E-state index is 0.163. The summed E-state index contributed by atoms with van der Waals surface area (Å²) < 4.78 is 9.48. The second-order valence-corrected chi connectivity index (χ2v) is 4.02. The van der Waals surface area contributed by atoms with Crippen LogP contribution in [0.2, 0.25) is 0 Å². The molecule has 0 aliphatic heterocycles. The summed E-state index contributed by atoms with van der Waals surface area (Å²) in [5.74, 6) is -0.0526. The number of esters is 1. The molecular formula is C13H13N3O4. The van der Waals surface area contributed by atoms with Crippen LogP contribution in [0.4, 0.5) is 0 Å². The van der Waals surface area contributed by atoms with Crippen molar-refractivity contribution in [2.45, 2.75) is 19.3 Å². The van der Waals surface area contributed by atoms with Crippen molar-refractivity contribution in [1.82, 2.24) is 15.1 Å². The maximum Gasteiger partial charge on any atom is 0.313 e. The first kappa shape index (κ1) is 13.9. The van der Waals surface area contributed by atoms with E-state index in [-0.39, 0.29) is 18.6 Å². The summed E-state index contributed by atoms with van der Waals surface area (Å²) >= 11 is 0. The Bertz CT molecular complexity index is 595. The quantitative estimate of drug-likeness (QED) is 0.577. The molecule has 2 heterocycles. The van der Waals surface area contributed by atoms with Gasteiger partial charge in [-0.15, -0.1) is 0 Å². The molecule has 0 radical (unpaired) electrons. The van der Waals surface area contributed by atoms with Gasteiger partial charge in [-0.1, -0.05) is 11.2 Å². The van der Waals surface area contributed by atoms with Crippen LogP contribution in [-0.2, 0) is 20.7 Å². The number of rotatable bonds is 6. The van der Waals surface area contributed by atoms with E-state index in [0.29, 0.717) is 23.8 Å². The van der Waals surface area contributed by atoms with Gasteiger partial charge in [0.2, 0.25) is 0 Å². The number of pyridine rings is 1. The van der Waals surface area contributed by atoms with E-state index in [1.54, 1.807) is 18.3 Å². The molecule has 0 unspecified atom stereocenters. The standard InChI is InChI=1S/C13H13N3O4/c1-19-12(18)8-9(17)5-6-11-15-13(20-16-11)10-4-2-3-7-14-10/h2-4,7H,5-6,8H2,1H3. The van der Waals surface area contributed by atoms with E-state index in [1.165, 1.54) is 7.11 Å². The molecule has 20 heavy (non-hydrogen) atoms. The third kappa shape index (κ3) is 3.71. The molecule has 0 fully saturated rings. The summed E-state index contributed by atoms with van der Waals surface area (Å²) in [6.07, 6.45) is 1.86. The fraction of sp³-hybridized carbons (Fsp3) is 0.308. The molecule has 7 nitrogen and oxygen atoms in total. The number of carbonyl (C=O) groups is 2. The van der Waals surface area contributed by atoms with Crippen LogP contribution in [0.1, 0.15) is 18.7 Å². The van der Waals surface area contributed by atoms with Crippen molar-refractivity contribution < 1.29 is 18.8 Å². The predicted octanol–water partition coefficient (Wildman–Crippen LogP) is 1.20. The SMILES string of the molecule is COC(=O)CC(=O)CCc1noc(-c2ccccn2)n1. The summed E-state index contributed by atoms with van der Waals surface area (Å²) in [6.45, 7) is 0. The number of aromatic nitrogens is 3. The van der Waals surface area contributed by atoms with Gasteiger partial charge in [-0.2, -0.15) is 4.98 Å². The van der Waals surface area contributed by atoms with E-state index in [2.05, 4.69) is 19.9 Å². The number of ketones is 1. The van der Waals surface area contributed by atoms with Crippen LogP contribution in [0, 0.1) is 0 Å². The Morgan fingerprint density at radius 1 is 1.35 bits per heavy atom. The van der Waals surface area contributed by atoms with Crippen molar-refractivity contribution in [1.29, 1.82) is 0 Å². The molecule has 2 aromatic rings. The molecule has 0 bridgehead atoms. The van der Waals surface area contributed by atoms with Crippen molar-refractivity contribution in [3.8, 4) is 11.6 Å². The van der Waals surface area contributed by atoms with Gasteiger partial charge in [0.05, 0.1) is 7.11 Å². The number of hydrogen-bond donors (Lipinski definition) is 0. The van der Waals surface area contributed by atoms with Crippen LogP contribution in [0.3, 0.4) is 0 Å². The summed E-state index contributed by atoms with van der Waals surface area (Å²) in [7, 11) is 1.24. The molecule has 0 aliphatic carbocycles. The lowest BCUT2D eigenvalue weighted by molar-refractivity contribution is -0.143. The topological polar surface area (TPSA) is 95.2 Å². The van der Waals surface area contributed by atoms with Crippen molar-refractivity contribution in [2.24, 2.45) is 0 Å². The minimum Gasteiger partial charge on any atom is -0.469 e. The highest BCUT2D eigenvalue weighted by Gasteiger charge is 2.13. The van der Waals surface area contributed by atoms with Crippen LogP contribution in [0.25, 0.3) is 11.6 Å². The molecule has 0 aliphatic rings. The third-order valence-electron chi connectivity index (χ3n) is 2.55. The maximum atomic E-state index is 11.5. The molecular weight excluding hydrogens is 262 g/mol. The maximum absolute atomic E-state index is 11.5. The van der Waals surface area contributed by atoms with Gasteiger partial charge in [-0.25, -0.2) is 0 Å². The normalized spacial score (nSPS) is 10.2. The lowest BCUT2D eigenvalue weighted by Gasteiger charge is -1.97. The van der Waals surface area contributed by atoms with Gasteiger partial charge >= 0.3 is 5.97 Å². The van der Waals surface area contributed by atoms with Crippen molar-refractivity contribution >= 4 is 11.8 Å². The number of ether oxygens (including phenoxy) is 1. The Labute approximate surface area is 115 Å². The first-order valence-corrected chi connectivity index (χ1v) is 6.01. The highest BCUT2D eigenvalue weighted by Crippen LogP contribution is 2.13. The lowest BCUT2D eigenvalue weighted by Crippen LogP contribution is -2.10. The smallest absolute Gasteiger partial charge is 0.313 e. The van der Waals surface area contributed by atoms with Gasteiger partial charge in [0.15, 0.2) is 5.82 Å². The average Bonchev–Trinajstić information content (AvgIpc) is 2.95. The van der Waals surface area contributed by atoms with Crippen LogP contribution < -0.4 is 0 Å². The van der Waals surface area contributed by atoms with Crippen LogP contribution in [0.15, 0.2) is 28.9 Å². The van der Waals surface area contributed by atoms with Gasteiger partial charge in [0.25, 0.3) is 5.89 Å². The van der Waals surface area contributed by atoms with E-state index in [0.717, 1.165) is 0 Å². The number of methoxy groups -OCH3 is 1. The summed E-state index contributed by atoms with van der Waals surface area (Å²) in [5.41, 5.74) is 0.576. The van der Waals surface area contributed by atoms with Gasteiger partial charge in [0, 0.05) is 19.0 Å². The average molecular weight is 275 g/mol. The Balaban J connectivity index is 1.91. The van der Waals surface area contributed by atoms with E-state index >= 15 is 0 Å². The second kappa shape index (κ2) is 6.55. The zero-order valence-electron chi connectivity index (χ0n) is 10.9. The molecule has 0 amide bonds. The number of hydrogen-bond acceptors (Lipinski definition) is 7. The third-order valence-corrected chi connectivity index (χ3v) is 2.55. The minimum atomic E-state index is -0.544. The fourth-order valence-electron chi connectivity index (χ4n) is 1.52. The first-order valence-electron chi connectivity index (χ1n) is 6.01. The molecule has 2 aromatic heterocycles. The molecule has 0 aromatic carbocycles. The zero-order chi connectivity index (χ0) is 14.4. The molecule has 104 valence electrons. The highest BCUT2D eigenvalue weighted by molar-refractivity contribution is 5.95. The molecule has 7 heteroatoms. The summed E-state index contributed by atoms with van der Waals surface area (Å²) in [4.78, 5) is 30.6. The van der Waals surface area contributed by atoms with E-state index in [1.807, 2.05) is 6.07 Å². The molecule has 0 spiro atoms. The largest absolute Gasteiger partial charge is 0.469 e.